The van der Waals surface area contributed by atoms with Crippen LogP contribution < -0.4 is 19.5 Å². The first-order valence-corrected chi connectivity index (χ1v) is 12.1. The topological polar surface area (TPSA) is 70.4 Å². The lowest BCUT2D eigenvalue weighted by molar-refractivity contribution is 0.223. The Bertz CT molecular complexity index is 1460. The van der Waals surface area contributed by atoms with Crippen LogP contribution in [0.4, 0.5) is 5.95 Å². The van der Waals surface area contributed by atoms with E-state index in [-0.39, 0.29) is 12.1 Å². The predicted octanol–water partition coefficient (Wildman–Crippen LogP) is 5.98. The number of ether oxygens (including phenoxy) is 3. The van der Waals surface area contributed by atoms with Crippen LogP contribution >= 0.6 is 0 Å². The molecule has 6 rings (SSSR count). The summed E-state index contributed by atoms with van der Waals surface area (Å²) in [5.41, 5.74) is 6.44. The maximum atomic E-state index is 6.72. The number of rotatable bonds is 5. The molecule has 0 amide bonds. The van der Waals surface area contributed by atoms with E-state index in [0.717, 1.165) is 33.7 Å². The SMILES string of the molecule is COc1ccc(C2C3=C(Nc4ncnn42)c2ccccc2OC3c2ccc(C(C)C)cc2)cc1OC. The van der Waals surface area contributed by atoms with Crippen molar-refractivity contribution in [1.82, 2.24) is 14.8 Å². The normalized spacial score (nSPS) is 18.0. The fraction of sp³-hybridized carbons (Fsp3) is 0.241. The number of hydrogen-bond donors (Lipinski definition) is 1. The molecule has 2 unspecified atom stereocenters. The molecule has 7 heteroatoms. The Kier molecular flexibility index (Phi) is 5.40. The summed E-state index contributed by atoms with van der Waals surface area (Å²) in [6, 6.07) is 22.5. The highest BCUT2D eigenvalue weighted by atomic mass is 16.5. The molecular weight excluding hydrogens is 452 g/mol. The van der Waals surface area contributed by atoms with Crippen molar-refractivity contribution < 1.29 is 14.2 Å². The molecule has 0 aliphatic carbocycles. The number of para-hydroxylation sites is 1. The average Bonchev–Trinajstić information content (AvgIpc) is 3.39. The Hall–Kier alpha value is -4.26. The van der Waals surface area contributed by atoms with E-state index in [1.54, 1.807) is 20.5 Å². The molecule has 0 bridgehead atoms. The Balaban J connectivity index is 1.58. The molecule has 0 radical (unpaired) electrons. The number of hydrogen-bond acceptors (Lipinski definition) is 6. The van der Waals surface area contributed by atoms with Gasteiger partial charge < -0.3 is 19.5 Å². The molecule has 0 spiro atoms. The van der Waals surface area contributed by atoms with Gasteiger partial charge in [0, 0.05) is 11.1 Å². The molecule has 3 heterocycles. The molecule has 2 atom stereocenters. The van der Waals surface area contributed by atoms with E-state index in [2.05, 4.69) is 59.6 Å². The minimum absolute atomic E-state index is 0.262. The van der Waals surface area contributed by atoms with Crippen molar-refractivity contribution in [2.45, 2.75) is 31.9 Å². The van der Waals surface area contributed by atoms with Gasteiger partial charge in [-0.15, -0.1) is 0 Å². The summed E-state index contributed by atoms with van der Waals surface area (Å²) >= 11 is 0. The summed E-state index contributed by atoms with van der Waals surface area (Å²) in [7, 11) is 3.29. The first-order valence-electron chi connectivity index (χ1n) is 12.1. The van der Waals surface area contributed by atoms with E-state index >= 15 is 0 Å². The Morgan fingerprint density at radius 1 is 0.917 bits per heavy atom. The standard InChI is InChI=1S/C29H28N4O3/c1-17(2)18-9-11-19(12-10-18)28-25-26(21-7-5-6-8-22(21)36-28)32-29-30-16-31-33(29)27(25)20-13-14-23(34-3)24(15-20)35-4/h5-17,27-28H,1-4H3,(H,30,31,32). The molecule has 2 aliphatic rings. The average molecular weight is 481 g/mol. The Morgan fingerprint density at radius 3 is 2.42 bits per heavy atom. The van der Waals surface area contributed by atoms with E-state index in [4.69, 9.17) is 14.2 Å². The summed E-state index contributed by atoms with van der Waals surface area (Å²) in [6.07, 6.45) is 1.26. The highest BCUT2D eigenvalue weighted by Crippen LogP contribution is 2.51. The van der Waals surface area contributed by atoms with Gasteiger partial charge in [0.1, 0.15) is 24.2 Å². The molecule has 1 N–H and O–H groups in total. The van der Waals surface area contributed by atoms with Gasteiger partial charge in [-0.05, 0) is 46.9 Å². The third-order valence-corrected chi connectivity index (χ3v) is 6.95. The Labute approximate surface area is 210 Å². The van der Waals surface area contributed by atoms with Crippen LogP contribution in [0.25, 0.3) is 5.70 Å². The molecule has 0 fully saturated rings. The van der Waals surface area contributed by atoms with E-state index in [1.807, 2.05) is 41.1 Å². The maximum absolute atomic E-state index is 6.72. The van der Waals surface area contributed by atoms with Crippen molar-refractivity contribution in [3.8, 4) is 17.2 Å². The van der Waals surface area contributed by atoms with Crippen molar-refractivity contribution >= 4 is 11.6 Å². The molecule has 2 aliphatic heterocycles. The van der Waals surface area contributed by atoms with Gasteiger partial charge in [-0.1, -0.05) is 56.3 Å². The van der Waals surface area contributed by atoms with Crippen LogP contribution in [-0.2, 0) is 0 Å². The van der Waals surface area contributed by atoms with Crippen LogP contribution in [0.1, 0.15) is 54.2 Å². The van der Waals surface area contributed by atoms with Gasteiger partial charge in [0.25, 0.3) is 0 Å². The monoisotopic (exact) mass is 480 g/mol. The van der Waals surface area contributed by atoms with Crippen LogP contribution in [0, 0.1) is 0 Å². The fourth-order valence-electron chi connectivity index (χ4n) is 5.09. The number of anilines is 1. The van der Waals surface area contributed by atoms with Gasteiger partial charge in [0.2, 0.25) is 5.95 Å². The zero-order valence-electron chi connectivity index (χ0n) is 20.7. The number of fused-ring (bicyclic) bond motifs is 3. The van der Waals surface area contributed by atoms with Gasteiger partial charge in [-0.25, -0.2) is 4.68 Å². The molecule has 182 valence electrons. The molecule has 3 aromatic carbocycles. The largest absolute Gasteiger partial charge is 0.493 e. The zero-order chi connectivity index (χ0) is 24.8. The number of methoxy groups -OCH3 is 2. The molecule has 1 aromatic heterocycles. The fourth-order valence-corrected chi connectivity index (χ4v) is 5.09. The van der Waals surface area contributed by atoms with Crippen LogP contribution in [0.2, 0.25) is 0 Å². The summed E-state index contributed by atoms with van der Waals surface area (Å²) in [5, 5.41) is 8.15. The smallest absolute Gasteiger partial charge is 0.226 e. The minimum atomic E-state index is -0.320. The molecule has 0 saturated carbocycles. The number of aromatic nitrogens is 3. The number of benzene rings is 3. The van der Waals surface area contributed by atoms with E-state index < -0.39 is 0 Å². The second kappa shape index (κ2) is 8.75. The van der Waals surface area contributed by atoms with Crippen LogP contribution in [0.5, 0.6) is 17.2 Å². The summed E-state index contributed by atoms with van der Waals surface area (Å²) < 4.78 is 19.8. The maximum Gasteiger partial charge on any atom is 0.226 e. The van der Waals surface area contributed by atoms with Crippen molar-refractivity contribution in [3.05, 3.63) is 101 Å². The lowest BCUT2D eigenvalue weighted by Crippen LogP contribution is -2.32. The Morgan fingerprint density at radius 2 is 1.67 bits per heavy atom. The third kappa shape index (κ3) is 3.50. The van der Waals surface area contributed by atoms with Crippen molar-refractivity contribution in [1.29, 1.82) is 0 Å². The number of nitrogens with zero attached hydrogens (tertiary/aromatic N) is 3. The van der Waals surface area contributed by atoms with E-state index in [0.29, 0.717) is 23.4 Å². The van der Waals surface area contributed by atoms with Gasteiger partial charge in [-0.3, -0.25) is 0 Å². The van der Waals surface area contributed by atoms with Gasteiger partial charge in [0.05, 0.1) is 19.9 Å². The first kappa shape index (κ1) is 22.2. The van der Waals surface area contributed by atoms with Crippen LogP contribution in [0.3, 0.4) is 0 Å². The highest BCUT2D eigenvalue weighted by molar-refractivity contribution is 5.85. The second-order valence-electron chi connectivity index (χ2n) is 9.32. The van der Waals surface area contributed by atoms with Gasteiger partial charge >= 0.3 is 0 Å². The molecule has 36 heavy (non-hydrogen) atoms. The van der Waals surface area contributed by atoms with Crippen LogP contribution in [-0.4, -0.2) is 29.0 Å². The summed E-state index contributed by atoms with van der Waals surface area (Å²) in [5.74, 6) is 3.30. The molecule has 4 aromatic rings. The highest BCUT2D eigenvalue weighted by Gasteiger charge is 2.41. The van der Waals surface area contributed by atoms with Gasteiger partial charge in [-0.2, -0.15) is 10.1 Å². The molecule has 0 saturated heterocycles. The quantitative estimate of drug-likeness (QED) is 0.379. The number of nitrogens with one attached hydrogen (secondary N) is 1. The lowest BCUT2D eigenvalue weighted by atomic mass is 9.84. The molecular formula is C29H28N4O3. The second-order valence-corrected chi connectivity index (χ2v) is 9.32. The van der Waals surface area contributed by atoms with E-state index in [9.17, 15) is 0 Å². The van der Waals surface area contributed by atoms with Crippen molar-refractivity contribution in [2.75, 3.05) is 19.5 Å². The minimum Gasteiger partial charge on any atom is -0.493 e. The van der Waals surface area contributed by atoms with E-state index in [1.165, 1.54) is 5.56 Å². The zero-order valence-corrected chi connectivity index (χ0v) is 20.7. The summed E-state index contributed by atoms with van der Waals surface area (Å²) in [6.45, 7) is 4.40. The van der Waals surface area contributed by atoms with Crippen molar-refractivity contribution in [2.24, 2.45) is 0 Å². The first-order chi connectivity index (χ1) is 17.6. The van der Waals surface area contributed by atoms with Crippen LogP contribution in [0.15, 0.2) is 78.6 Å². The molecule has 7 nitrogen and oxygen atoms in total. The van der Waals surface area contributed by atoms with Gasteiger partial charge in [0.15, 0.2) is 11.5 Å². The van der Waals surface area contributed by atoms with Crippen molar-refractivity contribution in [3.63, 3.8) is 0 Å². The third-order valence-electron chi connectivity index (χ3n) is 6.95. The lowest BCUT2D eigenvalue weighted by Gasteiger charge is -2.39. The summed E-state index contributed by atoms with van der Waals surface area (Å²) in [4.78, 5) is 4.51. The predicted molar refractivity (Wildman–Crippen MR) is 139 cm³/mol.